The molecule has 0 radical (unpaired) electrons. The molecule has 0 aliphatic carbocycles. The third-order valence-corrected chi connectivity index (χ3v) is 4.85. The van der Waals surface area contributed by atoms with Crippen LogP contribution in [-0.2, 0) is 0 Å². The molecule has 6 nitrogen and oxygen atoms in total. The number of amides is 1. The van der Waals surface area contributed by atoms with Crippen molar-refractivity contribution in [2.45, 2.75) is 18.5 Å². The maximum absolute atomic E-state index is 12.6. The van der Waals surface area contributed by atoms with Gasteiger partial charge in [0, 0.05) is 29.6 Å². The van der Waals surface area contributed by atoms with Crippen LogP contribution in [0.1, 0.15) is 16.8 Å². The minimum Gasteiger partial charge on any atom is -0.422 e. The number of carbonyl (C=O) groups excluding carboxylic acids is 1. The first-order valence-corrected chi connectivity index (χ1v) is 8.92. The van der Waals surface area contributed by atoms with Crippen molar-refractivity contribution in [3.8, 4) is 11.1 Å². The highest BCUT2D eigenvalue weighted by Crippen LogP contribution is 2.22. The Kier molecular flexibility index (Phi) is 4.75. The molecule has 1 saturated heterocycles. The molecular formula is C21H20N2O4. The first kappa shape index (κ1) is 17.5. The molecule has 6 heteroatoms. The largest absolute Gasteiger partial charge is 0.422 e. The van der Waals surface area contributed by atoms with Gasteiger partial charge in [0.25, 0.3) is 5.91 Å². The van der Waals surface area contributed by atoms with Crippen LogP contribution in [0.3, 0.4) is 0 Å². The number of benzene rings is 2. The molecule has 0 unspecified atom stereocenters. The van der Waals surface area contributed by atoms with Crippen LogP contribution in [0.2, 0.25) is 0 Å². The normalized spacial score (nSPS) is 19.3. The molecule has 138 valence electrons. The number of nitrogens with one attached hydrogen (secondary N) is 2. The van der Waals surface area contributed by atoms with E-state index < -0.39 is 5.63 Å². The van der Waals surface area contributed by atoms with E-state index in [1.54, 1.807) is 36.4 Å². The van der Waals surface area contributed by atoms with Gasteiger partial charge in [-0.2, -0.15) is 0 Å². The first-order valence-electron chi connectivity index (χ1n) is 8.92. The quantitative estimate of drug-likeness (QED) is 0.615. The molecule has 4 rings (SSSR count). The number of aliphatic hydroxyl groups is 1. The zero-order valence-corrected chi connectivity index (χ0v) is 14.6. The van der Waals surface area contributed by atoms with Gasteiger partial charge in [0.1, 0.15) is 5.58 Å². The van der Waals surface area contributed by atoms with Crippen molar-refractivity contribution in [1.82, 2.24) is 10.6 Å². The zero-order chi connectivity index (χ0) is 18.8. The number of fused-ring (bicyclic) bond motifs is 1. The summed E-state index contributed by atoms with van der Waals surface area (Å²) in [5, 5.41) is 16.1. The highest BCUT2D eigenvalue weighted by Gasteiger charge is 2.25. The highest BCUT2D eigenvalue weighted by atomic mass is 16.4. The fourth-order valence-corrected chi connectivity index (χ4v) is 3.43. The summed E-state index contributed by atoms with van der Waals surface area (Å²) in [7, 11) is 0. The van der Waals surface area contributed by atoms with Crippen LogP contribution < -0.4 is 16.3 Å². The maximum Gasteiger partial charge on any atom is 0.344 e. The van der Waals surface area contributed by atoms with Crippen molar-refractivity contribution in [2.75, 3.05) is 13.2 Å². The third-order valence-electron chi connectivity index (χ3n) is 4.85. The van der Waals surface area contributed by atoms with E-state index in [9.17, 15) is 14.7 Å². The number of hydrogen-bond donors (Lipinski definition) is 3. The summed E-state index contributed by atoms with van der Waals surface area (Å²) in [5.74, 6) is -0.201. The molecule has 1 aliphatic rings. The Morgan fingerprint density at radius 1 is 1.19 bits per heavy atom. The van der Waals surface area contributed by atoms with Gasteiger partial charge in [0.2, 0.25) is 0 Å². The molecule has 3 aromatic rings. The van der Waals surface area contributed by atoms with Gasteiger partial charge >= 0.3 is 5.63 Å². The molecule has 1 aromatic heterocycles. The Balaban J connectivity index is 1.60. The van der Waals surface area contributed by atoms with Gasteiger partial charge in [-0.15, -0.1) is 0 Å². The van der Waals surface area contributed by atoms with Crippen LogP contribution in [0.5, 0.6) is 0 Å². The van der Waals surface area contributed by atoms with E-state index in [4.69, 9.17) is 4.42 Å². The first-order chi connectivity index (χ1) is 13.1. The molecule has 1 fully saturated rings. The minimum absolute atomic E-state index is 0.0175. The summed E-state index contributed by atoms with van der Waals surface area (Å²) in [4.78, 5) is 24.9. The van der Waals surface area contributed by atoms with E-state index >= 15 is 0 Å². The maximum atomic E-state index is 12.6. The van der Waals surface area contributed by atoms with Crippen LogP contribution in [-0.4, -0.2) is 36.2 Å². The minimum atomic E-state index is -0.433. The van der Waals surface area contributed by atoms with Gasteiger partial charge in [-0.1, -0.05) is 30.3 Å². The molecule has 2 aromatic carbocycles. The Morgan fingerprint density at radius 3 is 2.85 bits per heavy atom. The molecule has 0 spiro atoms. The fourth-order valence-electron chi connectivity index (χ4n) is 3.43. The Labute approximate surface area is 155 Å². The summed E-state index contributed by atoms with van der Waals surface area (Å²) >= 11 is 0. The van der Waals surface area contributed by atoms with Crippen molar-refractivity contribution in [3.63, 3.8) is 0 Å². The summed E-state index contributed by atoms with van der Waals surface area (Å²) in [6, 6.07) is 16.1. The second kappa shape index (κ2) is 7.34. The number of para-hydroxylation sites is 1. The molecule has 3 N–H and O–H groups in total. The van der Waals surface area contributed by atoms with Gasteiger partial charge in [0.05, 0.1) is 12.2 Å². The number of aliphatic hydroxyl groups excluding tert-OH is 1. The molecule has 1 amide bonds. The van der Waals surface area contributed by atoms with E-state index in [1.807, 2.05) is 18.2 Å². The monoisotopic (exact) mass is 364 g/mol. The van der Waals surface area contributed by atoms with Crippen LogP contribution in [0, 0.1) is 0 Å². The van der Waals surface area contributed by atoms with Gasteiger partial charge in [-0.3, -0.25) is 4.79 Å². The Bertz CT molecular complexity index is 1040. The summed E-state index contributed by atoms with van der Waals surface area (Å²) < 4.78 is 5.39. The lowest BCUT2D eigenvalue weighted by molar-refractivity contribution is 0.0939. The van der Waals surface area contributed by atoms with Crippen molar-refractivity contribution in [2.24, 2.45) is 0 Å². The van der Waals surface area contributed by atoms with Crippen molar-refractivity contribution in [1.29, 1.82) is 0 Å². The number of carbonyl (C=O) groups is 1. The molecule has 27 heavy (non-hydrogen) atoms. The topological polar surface area (TPSA) is 91.6 Å². The summed E-state index contributed by atoms with van der Waals surface area (Å²) in [6.45, 7) is 0.685. The molecule has 0 bridgehead atoms. The number of hydrogen-bond acceptors (Lipinski definition) is 5. The van der Waals surface area contributed by atoms with Crippen molar-refractivity contribution in [3.05, 3.63) is 70.6 Å². The molecular weight excluding hydrogens is 344 g/mol. The highest BCUT2D eigenvalue weighted by molar-refractivity contribution is 5.96. The third kappa shape index (κ3) is 3.63. The van der Waals surface area contributed by atoms with Gasteiger partial charge < -0.3 is 20.2 Å². The second-order valence-electron chi connectivity index (χ2n) is 6.76. The zero-order valence-electron chi connectivity index (χ0n) is 14.6. The average Bonchev–Trinajstić information content (AvgIpc) is 3.15. The fraction of sp³-hybridized carbons (Fsp3) is 0.238. The predicted octanol–water partition coefficient (Wildman–Crippen LogP) is 1.91. The van der Waals surface area contributed by atoms with Gasteiger partial charge in [-0.05, 0) is 36.2 Å². The second-order valence-corrected chi connectivity index (χ2v) is 6.76. The van der Waals surface area contributed by atoms with Gasteiger partial charge in [0.15, 0.2) is 0 Å². The lowest BCUT2D eigenvalue weighted by Gasteiger charge is -2.12. The van der Waals surface area contributed by atoms with Crippen LogP contribution in [0.25, 0.3) is 22.1 Å². The van der Waals surface area contributed by atoms with Crippen molar-refractivity contribution < 1.29 is 14.3 Å². The Morgan fingerprint density at radius 2 is 2.04 bits per heavy atom. The van der Waals surface area contributed by atoms with Gasteiger partial charge in [-0.25, -0.2) is 4.79 Å². The van der Waals surface area contributed by atoms with Crippen LogP contribution >= 0.6 is 0 Å². The lowest BCUT2D eigenvalue weighted by Crippen LogP contribution is -2.36. The van der Waals surface area contributed by atoms with E-state index in [-0.39, 0.29) is 24.6 Å². The number of rotatable bonds is 4. The van der Waals surface area contributed by atoms with E-state index in [2.05, 4.69) is 10.6 Å². The summed E-state index contributed by atoms with van der Waals surface area (Å²) in [6.07, 6.45) is 0.691. The van der Waals surface area contributed by atoms with E-state index in [1.165, 1.54) is 0 Å². The molecule has 1 aliphatic heterocycles. The molecule has 2 atom stereocenters. The van der Waals surface area contributed by atoms with Crippen LogP contribution in [0.15, 0.2) is 63.8 Å². The SMILES string of the molecule is O=C(N[C@H]1CN[C@H](CO)C1)c1cccc(-c2cc3ccccc3oc2=O)c1. The predicted molar refractivity (Wildman–Crippen MR) is 103 cm³/mol. The smallest absolute Gasteiger partial charge is 0.344 e. The van der Waals surface area contributed by atoms with Crippen molar-refractivity contribution >= 4 is 16.9 Å². The molecule has 2 heterocycles. The molecule has 0 saturated carbocycles. The van der Waals surface area contributed by atoms with Crippen LogP contribution in [0.4, 0.5) is 0 Å². The standard InChI is InChI=1S/C21H20N2O4/c24-12-17-10-16(11-22-17)23-20(25)15-6-3-5-13(8-15)18-9-14-4-1-2-7-19(14)27-21(18)26/h1-9,16-17,22,24H,10-12H2,(H,23,25)/t16-,17+/m1/s1. The Hall–Kier alpha value is -2.96. The summed E-state index contributed by atoms with van der Waals surface area (Å²) in [5.41, 5.74) is 1.64. The van der Waals surface area contributed by atoms with E-state index in [0.29, 0.717) is 35.2 Å². The average molecular weight is 364 g/mol. The van der Waals surface area contributed by atoms with E-state index in [0.717, 1.165) is 5.39 Å². The lowest BCUT2D eigenvalue weighted by atomic mass is 10.0.